The van der Waals surface area contributed by atoms with Crippen LogP contribution in [0.15, 0.2) is 30.5 Å². The van der Waals surface area contributed by atoms with Crippen LogP contribution in [0.5, 0.6) is 0 Å². The summed E-state index contributed by atoms with van der Waals surface area (Å²) in [5.74, 6) is 0. The predicted molar refractivity (Wildman–Crippen MR) is 126 cm³/mol. The van der Waals surface area contributed by atoms with Gasteiger partial charge in [0.25, 0.3) is 0 Å². The van der Waals surface area contributed by atoms with Crippen LogP contribution in [0.3, 0.4) is 0 Å². The molecule has 2 aromatic rings. The van der Waals surface area contributed by atoms with Crippen LogP contribution < -0.4 is 5.32 Å². The second kappa shape index (κ2) is 8.88. The molecule has 166 valence electrons. The van der Waals surface area contributed by atoms with Crippen molar-refractivity contribution in [2.24, 2.45) is 0 Å². The van der Waals surface area contributed by atoms with Crippen molar-refractivity contribution >= 4 is 17.3 Å². The third-order valence-corrected chi connectivity index (χ3v) is 7.28. The van der Waals surface area contributed by atoms with E-state index in [4.69, 9.17) is 17.0 Å². The molecule has 3 aliphatic rings. The maximum Gasteiger partial charge on any atom is 0.170 e. The smallest absolute Gasteiger partial charge is 0.170 e. The molecule has 4 heterocycles. The fourth-order valence-corrected chi connectivity index (χ4v) is 5.60. The first-order valence-corrected chi connectivity index (χ1v) is 12.0. The Morgan fingerprint density at radius 2 is 1.97 bits per heavy atom. The minimum atomic E-state index is 0.0743. The Hall–Kier alpha value is -1.96. The number of aryl methyl sites for hydroxylation is 1. The van der Waals surface area contributed by atoms with E-state index in [2.05, 4.69) is 56.7 Å². The van der Waals surface area contributed by atoms with Gasteiger partial charge in [-0.15, -0.1) is 0 Å². The molecule has 0 amide bonds. The molecule has 2 aliphatic heterocycles. The highest BCUT2D eigenvalue weighted by Crippen LogP contribution is 2.44. The number of morpholine rings is 1. The van der Waals surface area contributed by atoms with Crippen LogP contribution in [0.1, 0.15) is 60.0 Å². The fraction of sp³-hybridized carbons (Fsp3) is 0.583. The molecule has 31 heavy (non-hydrogen) atoms. The Morgan fingerprint density at radius 3 is 2.68 bits per heavy atom. The quantitative estimate of drug-likeness (QED) is 0.666. The third-order valence-electron chi connectivity index (χ3n) is 6.93. The molecule has 2 saturated heterocycles. The van der Waals surface area contributed by atoms with Gasteiger partial charge in [0.1, 0.15) is 0 Å². The van der Waals surface area contributed by atoms with E-state index in [9.17, 15) is 0 Å². The number of nitrogens with zero attached hydrogens (tertiary/aromatic N) is 4. The first-order valence-electron chi connectivity index (χ1n) is 11.6. The van der Waals surface area contributed by atoms with E-state index < -0.39 is 0 Å². The largest absolute Gasteiger partial charge is 0.379 e. The highest BCUT2D eigenvalue weighted by atomic mass is 32.1. The number of thiocarbonyl (C=S) groups is 1. The van der Waals surface area contributed by atoms with Crippen molar-refractivity contribution in [1.29, 1.82) is 0 Å². The van der Waals surface area contributed by atoms with Crippen LogP contribution in [-0.2, 0) is 4.74 Å². The van der Waals surface area contributed by atoms with E-state index in [1.165, 1.54) is 29.8 Å². The molecule has 2 atom stereocenters. The van der Waals surface area contributed by atoms with Gasteiger partial charge >= 0.3 is 0 Å². The Morgan fingerprint density at radius 1 is 1.16 bits per heavy atom. The summed E-state index contributed by atoms with van der Waals surface area (Å²) in [5.41, 5.74) is 5.19. The van der Waals surface area contributed by atoms with Crippen molar-refractivity contribution in [3.05, 3.63) is 53.1 Å². The molecule has 2 unspecified atom stereocenters. The van der Waals surface area contributed by atoms with Crippen molar-refractivity contribution < 1.29 is 4.74 Å². The van der Waals surface area contributed by atoms with E-state index >= 15 is 0 Å². The summed E-state index contributed by atoms with van der Waals surface area (Å²) < 4.78 is 8.03. The first-order chi connectivity index (χ1) is 15.1. The normalized spacial score (nSPS) is 24.6. The van der Waals surface area contributed by atoms with Crippen LogP contribution in [0.4, 0.5) is 0 Å². The van der Waals surface area contributed by atoms with Gasteiger partial charge in [-0.25, -0.2) is 0 Å². The highest BCUT2D eigenvalue weighted by molar-refractivity contribution is 7.80. The third kappa shape index (κ3) is 4.23. The van der Waals surface area contributed by atoms with E-state index in [-0.39, 0.29) is 12.1 Å². The van der Waals surface area contributed by atoms with E-state index in [1.54, 1.807) is 0 Å². The van der Waals surface area contributed by atoms with Gasteiger partial charge in [-0.2, -0.15) is 0 Å². The summed E-state index contributed by atoms with van der Waals surface area (Å²) >= 11 is 5.86. The van der Waals surface area contributed by atoms with Gasteiger partial charge in [-0.05, 0) is 69.1 Å². The van der Waals surface area contributed by atoms with E-state index in [0.717, 1.165) is 56.6 Å². The molecule has 1 saturated carbocycles. The molecule has 1 N–H and O–H groups in total. The summed E-state index contributed by atoms with van der Waals surface area (Å²) in [5, 5.41) is 4.46. The number of rotatable bonds is 7. The zero-order valence-electron chi connectivity index (χ0n) is 18.6. The lowest BCUT2D eigenvalue weighted by molar-refractivity contribution is 0.0365. The van der Waals surface area contributed by atoms with Gasteiger partial charge in [0.2, 0.25) is 0 Å². The Balaban J connectivity index is 1.41. The van der Waals surface area contributed by atoms with Crippen molar-refractivity contribution in [2.45, 2.75) is 51.2 Å². The maximum absolute atomic E-state index is 5.86. The number of nitrogens with one attached hydrogen (secondary N) is 1. The van der Waals surface area contributed by atoms with Crippen molar-refractivity contribution in [3.63, 3.8) is 0 Å². The van der Waals surface area contributed by atoms with Crippen LogP contribution in [0, 0.1) is 13.8 Å². The first kappa shape index (κ1) is 20.9. The van der Waals surface area contributed by atoms with Crippen molar-refractivity contribution in [3.8, 4) is 0 Å². The number of pyridine rings is 1. The van der Waals surface area contributed by atoms with E-state index in [0.29, 0.717) is 6.04 Å². The second-order valence-corrected chi connectivity index (χ2v) is 9.44. The van der Waals surface area contributed by atoms with Gasteiger partial charge in [0.15, 0.2) is 5.11 Å². The highest BCUT2D eigenvalue weighted by Gasteiger charge is 2.41. The maximum atomic E-state index is 5.86. The standard InChI is InChI=1S/C24H33N5OS/c1-17-16-20(18(2)29(17)19-7-8-19)23-22(21-6-3-4-9-25-21)26-24(31)28(23)11-5-10-27-12-14-30-15-13-27/h3-4,6,9,16,19,22-23H,5,7-8,10-15H2,1-2H3,(H,26,31). The number of aromatic nitrogens is 2. The van der Waals surface area contributed by atoms with Gasteiger partial charge < -0.3 is 19.5 Å². The Kier molecular flexibility index (Phi) is 5.99. The van der Waals surface area contributed by atoms with E-state index in [1.807, 2.05) is 12.3 Å². The minimum Gasteiger partial charge on any atom is -0.379 e. The monoisotopic (exact) mass is 439 g/mol. The molecular formula is C24H33N5OS. The molecule has 5 rings (SSSR count). The lowest BCUT2D eigenvalue weighted by atomic mass is 9.96. The SMILES string of the molecule is Cc1cc(C2C(c3ccccn3)NC(=S)N2CCCN2CCOCC2)c(C)n1C1CC1. The predicted octanol–water partition coefficient (Wildman–Crippen LogP) is 3.53. The summed E-state index contributed by atoms with van der Waals surface area (Å²) in [6.07, 6.45) is 5.56. The van der Waals surface area contributed by atoms with Crippen LogP contribution in [0.2, 0.25) is 0 Å². The fourth-order valence-electron chi connectivity index (χ4n) is 5.27. The molecule has 2 aromatic heterocycles. The number of hydrogen-bond donors (Lipinski definition) is 1. The average molecular weight is 440 g/mol. The molecule has 3 fully saturated rings. The summed E-state index contributed by atoms with van der Waals surface area (Å²) in [6.45, 7) is 10.3. The van der Waals surface area contributed by atoms with Gasteiger partial charge in [-0.3, -0.25) is 9.88 Å². The molecule has 0 spiro atoms. The topological polar surface area (TPSA) is 45.6 Å². The summed E-state index contributed by atoms with van der Waals surface area (Å²) in [4.78, 5) is 9.60. The zero-order valence-corrected chi connectivity index (χ0v) is 19.4. The number of ether oxygens (including phenoxy) is 1. The van der Waals surface area contributed by atoms with Crippen molar-refractivity contribution in [2.75, 3.05) is 39.4 Å². The lowest BCUT2D eigenvalue weighted by Crippen LogP contribution is -2.39. The molecule has 0 aromatic carbocycles. The van der Waals surface area contributed by atoms with Gasteiger partial charge in [-0.1, -0.05) is 6.07 Å². The van der Waals surface area contributed by atoms with Crippen LogP contribution in [-0.4, -0.2) is 63.9 Å². The van der Waals surface area contributed by atoms with Gasteiger partial charge in [0, 0.05) is 49.8 Å². The Labute approximate surface area is 190 Å². The molecular weight excluding hydrogens is 406 g/mol. The van der Waals surface area contributed by atoms with Crippen LogP contribution >= 0.6 is 12.2 Å². The minimum absolute atomic E-state index is 0.0743. The molecule has 6 nitrogen and oxygen atoms in total. The molecule has 0 bridgehead atoms. The molecule has 7 heteroatoms. The van der Waals surface area contributed by atoms with Crippen molar-refractivity contribution in [1.82, 2.24) is 24.7 Å². The number of hydrogen-bond acceptors (Lipinski definition) is 4. The van der Waals surface area contributed by atoms with Gasteiger partial charge in [0.05, 0.1) is 31.0 Å². The Bertz CT molecular complexity index is 920. The average Bonchev–Trinajstić information content (AvgIpc) is 3.51. The van der Waals surface area contributed by atoms with Crippen LogP contribution in [0.25, 0.3) is 0 Å². The molecule has 1 aliphatic carbocycles. The molecule has 0 radical (unpaired) electrons. The second-order valence-electron chi connectivity index (χ2n) is 9.06. The zero-order chi connectivity index (χ0) is 21.4. The lowest BCUT2D eigenvalue weighted by Gasteiger charge is -2.30. The summed E-state index contributed by atoms with van der Waals surface area (Å²) in [7, 11) is 0. The summed E-state index contributed by atoms with van der Waals surface area (Å²) in [6, 6.07) is 9.47.